The van der Waals surface area contributed by atoms with E-state index in [9.17, 15) is 38.2 Å². The number of fused-ring (bicyclic) bond motifs is 6. The number of amides is 3. The number of methoxy groups -OCH3 is 1. The number of ether oxygens (including phenoxy) is 3. The summed E-state index contributed by atoms with van der Waals surface area (Å²) in [4.78, 5) is 56.5. The second-order valence-corrected chi connectivity index (χ2v) is 15.0. The van der Waals surface area contributed by atoms with E-state index in [0.717, 1.165) is 39.3 Å². The lowest BCUT2D eigenvalue weighted by Gasteiger charge is -2.38. The van der Waals surface area contributed by atoms with Crippen molar-refractivity contribution in [3.05, 3.63) is 70.8 Å². The van der Waals surface area contributed by atoms with Gasteiger partial charge < -0.3 is 55.2 Å². The van der Waals surface area contributed by atoms with Crippen molar-refractivity contribution in [2.24, 2.45) is 23.3 Å². The van der Waals surface area contributed by atoms with Crippen LogP contribution in [0.1, 0.15) is 46.0 Å². The number of esters is 1. The lowest BCUT2D eigenvalue weighted by molar-refractivity contribution is -0.154. The van der Waals surface area contributed by atoms with Gasteiger partial charge in [0.2, 0.25) is 11.2 Å². The third-order valence-electron chi connectivity index (χ3n) is 10.1. The number of hydrogen-bond donors (Lipinski definition) is 5. The van der Waals surface area contributed by atoms with Crippen LogP contribution in [0.5, 0.6) is 11.5 Å². The van der Waals surface area contributed by atoms with E-state index in [-0.39, 0.29) is 78.6 Å². The number of imidazole rings is 2. The van der Waals surface area contributed by atoms with Gasteiger partial charge in [-0.15, -0.1) is 12.4 Å². The summed E-state index contributed by atoms with van der Waals surface area (Å²) in [6.45, 7) is 5.87. The van der Waals surface area contributed by atoms with Crippen LogP contribution in [0, 0.1) is 69.8 Å². The Balaban J connectivity index is 0.000000214. The van der Waals surface area contributed by atoms with E-state index in [1.54, 1.807) is 9.13 Å². The van der Waals surface area contributed by atoms with Crippen molar-refractivity contribution in [1.82, 2.24) is 29.3 Å². The number of carbonyl (C=O) groups is 4. The number of nitrogens with one attached hydrogen (secondary N) is 1. The first-order valence-electron chi connectivity index (χ1n) is 19.4. The van der Waals surface area contributed by atoms with Crippen molar-refractivity contribution >= 4 is 36.1 Å². The van der Waals surface area contributed by atoms with E-state index >= 15 is 0 Å². The number of rotatable bonds is 4. The van der Waals surface area contributed by atoms with Crippen LogP contribution in [0.15, 0.2) is 36.7 Å². The third kappa shape index (κ3) is 10.8. The van der Waals surface area contributed by atoms with Gasteiger partial charge in [0.25, 0.3) is 17.7 Å². The zero-order valence-electron chi connectivity index (χ0n) is 35.0. The number of nitrogens with two attached hydrogens (primary N) is 2. The van der Waals surface area contributed by atoms with Crippen LogP contribution in [-0.2, 0) is 27.4 Å². The second kappa shape index (κ2) is 19.9. The molecular weight excluding hydrogens is 874 g/mol. The predicted molar refractivity (Wildman–Crippen MR) is 225 cm³/mol. The molecule has 338 valence electrons. The average Bonchev–Trinajstić information content (AvgIpc) is 3.76. The van der Waals surface area contributed by atoms with E-state index in [2.05, 4.69) is 49.8 Å². The fraction of sp³-hybridized carbons (Fsp3) is 0.349. The summed E-state index contributed by atoms with van der Waals surface area (Å²) < 4.78 is 47.9. The van der Waals surface area contributed by atoms with Gasteiger partial charge in [-0.05, 0) is 26.0 Å². The predicted octanol–water partition coefficient (Wildman–Crippen LogP) is 0.872. The van der Waals surface area contributed by atoms with E-state index in [0.29, 0.717) is 41.8 Å². The molecule has 2 saturated heterocycles. The molecule has 3 amide bonds. The number of carbonyl (C=O) groups excluding carboxylic acids is 4. The number of aliphatic hydroxyl groups is 2. The minimum atomic E-state index is -2.10. The number of primary amides is 2. The summed E-state index contributed by atoms with van der Waals surface area (Å²) in [5.41, 5.74) is 7.23. The third-order valence-corrected chi connectivity index (χ3v) is 10.1. The van der Waals surface area contributed by atoms with Crippen molar-refractivity contribution in [2.75, 3.05) is 46.5 Å². The smallest absolute Gasteiger partial charge is 0.350 e. The fourth-order valence-corrected chi connectivity index (χ4v) is 6.33. The van der Waals surface area contributed by atoms with Crippen LogP contribution >= 0.6 is 12.4 Å². The first kappa shape index (κ1) is 48.5. The molecule has 65 heavy (non-hydrogen) atoms. The van der Waals surface area contributed by atoms with Crippen molar-refractivity contribution in [3.63, 3.8) is 0 Å². The first-order valence-corrected chi connectivity index (χ1v) is 19.4. The number of likely N-dealkylation sites (tertiary alicyclic amines) is 1. The molecule has 2 aromatic carbocycles. The summed E-state index contributed by atoms with van der Waals surface area (Å²) in [6, 6.07) is 9.24. The summed E-state index contributed by atoms with van der Waals surface area (Å²) in [5, 5.41) is 40.4. The maximum Gasteiger partial charge on any atom is 0.350 e. The van der Waals surface area contributed by atoms with E-state index < -0.39 is 46.5 Å². The standard InChI is InChI=1S/C21H18FN5O4.C18H16FN3O5.C4H6N2.ClH/c1-21(30,20(29)27-9-12(8-23)10-27)3-2-13-6-14-17(7-15(13)22)31-5-4-26-11-16(18(24)28)25-19(14)26;1-18(25,17(24)26-2)4-3-10-7-11-14(8-12(10)19)27-6-5-22-9-13(15(20)23)21-16(11)22;5-1-4-2-6-3-4;/h6-7,11-12,30H,4-5,9-10H2,1H3,(H2,24,28);7-9,25H,5-6H2,1-2H3,(H2,20,23);4,6H,2-3H2;1H. The highest BCUT2D eigenvalue weighted by atomic mass is 35.5. The Labute approximate surface area is 376 Å². The van der Waals surface area contributed by atoms with Crippen molar-refractivity contribution < 1.29 is 52.4 Å². The number of nitriles is 2. The summed E-state index contributed by atoms with van der Waals surface area (Å²) in [5.74, 6) is 6.54. The highest BCUT2D eigenvalue weighted by Crippen LogP contribution is 2.35. The Hall–Kier alpha value is -7.53. The number of benzene rings is 2. The zero-order valence-corrected chi connectivity index (χ0v) is 35.8. The summed E-state index contributed by atoms with van der Waals surface area (Å²) in [6.07, 6.45) is 2.99. The highest BCUT2D eigenvalue weighted by Gasteiger charge is 2.39. The molecule has 8 rings (SSSR count). The van der Waals surface area contributed by atoms with Crippen molar-refractivity contribution in [2.45, 2.75) is 38.1 Å². The van der Waals surface area contributed by atoms with Gasteiger partial charge in [-0.1, -0.05) is 23.7 Å². The van der Waals surface area contributed by atoms with E-state index in [1.165, 1.54) is 36.4 Å². The molecule has 4 aliphatic rings. The maximum atomic E-state index is 14.6. The molecule has 0 bridgehead atoms. The molecule has 0 spiro atoms. The molecule has 22 heteroatoms. The molecule has 0 saturated carbocycles. The highest BCUT2D eigenvalue weighted by molar-refractivity contribution is 5.92. The van der Waals surface area contributed by atoms with Crippen LogP contribution in [-0.4, -0.2) is 116 Å². The van der Waals surface area contributed by atoms with Crippen LogP contribution in [0.3, 0.4) is 0 Å². The molecule has 7 N–H and O–H groups in total. The van der Waals surface area contributed by atoms with Gasteiger partial charge in [0.15, 0.2) is 0 Å². The Morgan fingerprint density at radius 1 is 0.800 bits per heavy atom. The largest absolute Gasteiger partial charge is 0.491 e. The van der Waals surface area contributed by atoms with Crippen LogP contribution < -0.4 is 26.3 Å². The first-order chi connectivity index (χ1) is 30.3. The molecule has 2 atom stereocenters. The lowest BCUT2D eigenvalue weighted by Crippen LogP contribution is -2.56. The minimum Gasteiger partial charge on any atom is -0.491 e. The average molecular weight is 915 g/mol. The Morgan fingerprint density at radius 3 is 1.62 bits per heavy atom. The molecule has 2 fully saturated rings. The molecule has 4 aliphatic heterocycles. The van der Waals surface area contributed by atoms with Gasteiger partial charge in [0.1, 0.15) is 59.4 Å². The monoisotopic (exact) mass is 914 g/mol. The molecule has 4 aromatic rings. The van der Waals surface area contributed by atoms with Gasteiger partial charge in [-0.2, -0.15) is 10.5 Å². The van der Waals surface area contributed by atoms with Gasteiger partial charge in [0, 0.05) is 50.7 Å². The Kier molecular flexibility index (Phi) is 14.8. The van der Waals surface area contributed by atoms with Crippen LogP contribution in [0.4, 0.5) is 8.78 Å². The second-order valence-electron chi connectivity index (χ2n) is 15.0. The van der Waals surface area contributed by atoms with Crippen molar-refractivity contribution in [3.8, 4) is 70.1 Å². The molecule has 0 radical (unpaired) electrons. The molecular formula is C43H41ClF2N10O9. The van der Waals surface area contributed by atoms with Gasteiger partial charge >= 0.3 is 5.97 Å². The summed E-state index contributed by atoms with van der Waals surface area (Å²) >= 11 is 0. The number of aromatic nitrogens is 4. The molecule has 0 aliphatic carbocycles. The minimum absolute atomic E-state index is 0. The maximum absolute atomic E-state index is 14.6. The number of hydrogen-bond acceptors (Lipinski definition) is 14. The zero-order chi connectivity index (χ0) is 46.5. The number of nitrogens with zero attached hydrogens (tertiary/aromatic N) is 7. The molecule has 19 nitrogen and oxygen atoms in total. The van der Waals surface area contributed by atoms with Gasteiger partial charge in [0.05, 0.1) is 66.4 Å². The van der Waals surface area contributed by atoms with Gasteiger partial charge in [-0.25, -0.2) is 23.5 Å². The number of halogens is 3. The van der Waals surface area contributed by atoms with E-state index in [1.807, 2.05) is 6.07 Å². The molecule has 2 unspecified atom stereocenters. The SMILES string of the molecule is CC(O)(C#Cc1cc2c(cc1F)OCCn1cc(C(N)=O)nc1-2)C(=O)N1CC(C#N)C1.COC(=O)C(C)(O)C#Cc1cc2c(cc1F)OCCn1cc(C(N)=O)nc1-2.Cl.N#CC1CNC1. The Bertz CT molecular complexity index is 2760. The molecule has 2 aromatic heterocycles. The topological polar surface area (TPSA) is 287 Å². The van der Waals surface area contributed by atoms with E-state index in [4.69, 9.17) is 31.5 Å². The normalized spacial score (nSPS) is 16.0. The lowest BCUT2D eigenvalue weighted by atomic mass is 9.97. The molecule has 6 heterocycles. The van der Waals surface area contributed by atoms with Gasteiger partial charge in [-0.3, -0.25) is 14.4 Å². The van der Waals surface area contributed by atoms with Crippen LogP contribution in [0.2, 0.25) is 0 Å². The quantitative estimate of drug-likeness (QED) is 0.140. The Morgan fingerprint density at radius 2 is 1.25 bits per heavy atom. The fourth-order valence-electron chi connectivity index (χ4n) is 6.33. The summed E-state index contributed by atoms with van der Waals surface area (Å²) in [7, 11) is 1.11. The van der Waals surface area contributed by atoms with Crippen molar-refractivity contribution in [1.29, 1.82) is 10.5 Å². The van der Waals surface area contributed by atoms with Crippen LogP contribution in [0.25, 0.3) is 22.8 Å².